The van der Waals surface area contributed by atoms with Gasteiger partial charge in [0.2, 0.25) is 0 Å². The predicted molar refractivity (Wildman–Crippen MR) is 86.3 cm³/mol. The highest BCUT2D eigenvalue weighted by atomic mass is 32.2. The van der Waals surface area contributed by atoms with Crippen LogP contribution in [0.15, 0.2) is 39.5 Å². The molecule has 0 radical (unpaired) electrons. The summed E-state index contributed by atoms with van der Waals surface area (Å²) in [6, 6.07) is 7.96. The third-order valence-corrected chi connectivity index (χ3v) is 5.86. The Morgan fingerprint density at radius 2 is 1.87 bits per heavy atom. The number of likely N-dealkylation sites (tertiary alicyclic amines) is 1. The van der Waals surface area contributed by atoms with Gasteiger partial charge in [-0.1, -0.05) is 12.1 Å². The van der Waals surface area contributed by atoms with Crippen molar-refractivity contribution in [3.63, 3.8) is 0 Å². The summed E-state index contributed by atoms with van der Waals surface area (Å²) in [7, 11) is -3.09. The standard InChI is InChI=1S/C16H17NO5S/c1-23(20,21)11-6-8-17(9-7-11)16(19)15-10-13(18)12-4-2-3-5-14(12)22-15/h2-5,10-11H,6-9H2,1H3. The summed E-state index contributed by atoms with van der Waals surface area (Å²) < 4.78 is 28.7. The van der Waals surface area contributed by atoms with Crippen LogP contribution in [0.25, 0.3) is 11.0 Å². The van der Waals surface area contributed by atoms with E-state index >= 15 is 0 Å². The first kappa shape index (κ1) is 15.7. The Labute approximate surface area is 133 Å². The lowest BCUT2D eigenvalue weighted by atomic mass is 10.1. The maximum atomic E-state index is 12.5. The van der Waals surface area contributed by atoms with Gasteiger partial charge >= 0.3 is 0 Å². The van der Waals surface area contributed by atoms with Gasteiger partial charge in [0.05, 0.1) is 10.6 Å². The van der Waals surface area contributed by atoms with Crippen molar-refractivity contribution in [3.8, 4) is 0 Å². The van der Waals surface area contributed by atoms with Crippen molar-refractivity contribution in [2.45, 2.75) is 18.1 Å². The van der Waals surface area contributed by atoms with Crippen molar-refractivity contribution in [1.82, 2.24) is 4.90 Å². The Hall–Kier alpha value is -2.15. The predicted octanol–water partition coefficient (Wildman–Crippen LogP) is 1.44. The number of nitrogens with zero attached hydrogens (tertiary/aromatic N) is 1. The molecule has 2 aromatic rings. The van der Waals surface area contributed by atoms with Gasteiger partial charge in [-0.25, -0.2) is 8.42 Å². The Balaban J connectivity index is 1.83. The lowest BCUT2D eigenvalue weighted by Gasteiger charge is -2.30. The van der Waals surface area contributed by atoms with Gasteiger partial charge in [0, 0.05) is 25.4 Å². The largest absolute Gasteiger partial charge is 0.451 e. The number of hydrogen-bond donors (Lipinski definition) is 0. The van der Waals surface area contributed by atoms with Crippen LogP contribution in [0.4, 0.5) is 0 Å². The summed E-state index contributed by atoms with van der Waals surface area (Å²) in [6.45, 7) is 0.681. The molecule has 1 fully saturated rings. The van der Waals surface area contributed by atoms with Crippen LogP contribution in [0.2, 0.25) is 0 Å². The first-order chi connectivity index (χ1) is 10.9. The Kier molecular flexibility index (Phi) is 3.97. The molecule has 1 aromatic carbocycles. The minimum atomic E-state index is -3.09. The van der Waals surface area contributed by atoms with Crippen molar-refractivity contribution in [3.05, 3.63) is 46.3 Å². The second-order valence-corrected chi connectivity index (χ2v) is 8.12. The van der Waals surface area contributed by atoms with E-state index in [4.69, 9.17) is 4.42 Å². The molecule has 1 aromatic heterocycles. The summed E-state index contributed by atoms with van der Waals surface area (Å²) in [4.78, 5) is 26.1. The lowest BCUT2D eigenvalue weighted by molar-refractivity contribution is 0.0694. The van der Waals surface area contributed by atoms with Crippen LogP contribution in [0.5, 0.6) is 0 Å². The number of carbonyl (C=O) groups is 1. The number of benzene rings is 1. The number of carbonyl (C=O) groups excluding carboxylic acids is 1. The van der Waals surface area contributed by atoms with Crippen molar-refractivity contribution in [1.29, 1.82) is 0 Å². The van der Waals surface area contributed by atoms with Crippen molar-refractivity contribution < 1.29 is 17.6 Å². The highest BCUT2D eigenvalue weighted by Gasteiger charge is 2.30. The zero-order valence-electron chi connectivity index (χ0n) is 12.7. The zero-order chi connectivity index (χ0) is 16.6. The smallest absolute Gasteiger partial charge is 0.289 e. The number of para-hydroxylation sites is 1. The fourth-order valence-corrected chi connectivity index (χ4v) is 3.92. The second-order valence-electron chi connectivity index (χ2n) is 5.79. The summed E-state index contributed by atoms with van der Waals surface area (Å²) in [5.41, 5.74) is 0.107. The molecule has 0 spiro atoms. The molecular weight excluding hydrogens is 318 g/mol. The monoisotopic (exact) mass is 335 g/mol. The molecule has 1 aliphatic heterocycles. The molecule has 1 saturated heterocycles. The van der Waals surface area contributed by atoms with Crippen LogP contribution in [-0.2, 0) is 9.84 Å². The van der Waals surface area contributed by atoms with Gasteiger partial charge in [-0.15, -0.1) is 0 Å². The summed E-state index contributed by atoms with van der Waals surface area (Å²) >= 11 is 0. The van der Waals surface area contributed by atoms with Crippen LogP contribution < -0.4 is 5.43 Å². The van der Waals surface area contributed by atoms with Crippen LogP contribution in [-0.4, -0.2) is 43.8 Å². The number of fused-ring (bicyclic) bond motifs is 1. The number of amides is 1. The fraction of sp³-hybridized carbons (Fsp3) is 0.375. The van der Waals surface area contributed by atoms with E-state index in [0.29, 0.717) is 36.9 Å². The molecular formula is C16H17NO5S. The van der Waals surface area contributed by atoms with E-state index in [9.17, 15) is 18.0 Å². The van der Waals surface area contributed by atoms with E-state index in [2.05, 4.69) is 0 Å². The van der Waals surface area contributed by atoms with Crippen molar-refractivity contribution in [2.24, 2.45) is 0 Å². The molecule has 3 rings (SSSR count). The number of hydrogen-bond acceptors (Lipinski definition) is 5. The van der Waals surface area contributed by atoms with Crippen molar-refractivity contribution >= 4 is 26.7 Å². The van der Waals surface area contributed by atoms with E-state index in [-0.39, 0.29) is 17.1 Å². The molecule has 1 amide bonds. The molecule has 6 nitrogen and oxygen atoms in total. The van der Waals surface area contributed by atoms with Crippen LogP contribution in [0, 0.1) is 0 Å². The minimum absolute atomic E-state index is 0.00787. The normalized spacial score (nSPS) is 16.7. The third kappa shape index (κ3) is 3.14. The molecule has 0 saturated carbocycles. The first-order valence-electron chi connectivity index (χ1n) is 7.37. The van der Waals surface area contributed by atoms with Crippen LogP contribution in [0.3, 0.4) is 0 Å². The third-order valence-electron chi connectivity index (χ3n) is 4.18. The van der Waals surface area contributed by atoms with E-state index < -0.39 is 15.1 Å². The molecule has 0 N–H and O–H groups in total. The molecule has 0 aliphatic carbocycles. The molecule has 2 heterocycles. The lowest BCUT2D eigenvalue weighted by Crippen LogP contribution is -2.42. The van der Waals surface area contributed by atoms with Crippen LogP contribution in [0.1, 0.15) is 23.4 Å². The molecule has 1 aliphatic rings. The molecule has 122 valence electrons. The van der Waals surface area contributed by atoms with Gasteiger partial charge in [0.1, 0.15) is 15.4 Å². The quantitative estimate of drug-likeness (QED) is 0.829. The van der Waals surface area contributed by atoms with Gasteiger partial charge in [0.25, 0.3) is 5.91 Å². The number of rotatable bonds is 2. The summed E-state index contributed by atoms with van der Waals surface area (Å²) in [5, 5.41) is 0.0231. The average Bonchev–Trinajstić information content (AvgIpc) is 2.53. The van der Waals surface area contributed by atoms with E-state index in [0.717, 1.165) is 0 Å². The second kappa shape index (κ2) is 5.81. The maximum absolute atomic E-state index is 12.5. The summed E-state index contributed by atoms with van der Waals surface area (Å²) in [5.74, 6) is -0.383. The SMILES string of the molecule is CS(=O)(=O)C1CCN(C(=O)c2cc(=O)c3ccccc3o2)CC1. The maximum Gasteiger partial charge on any atom is 0.289 e. The minimum Gasteiger partial charge on any atom is -0.451 e. The molecule has 0 bridgehead atoms. The van der Waals surface area contributed by atoms with Gasteiger partial charge in [-0.3, -0.25) is 9.59 Å². The summed E-state index contributed by atoms with van der Waals surface area (Å²) in [6.07, 6.45) is 2.03. The highest BCUT2D eigenvalue weighted by molar-refractivity contribution is 7.91. The van der Waals surface area contributed by atoms with Crippen LogP contribution >= 0.6 is 0 Å². The van der Waals surface area contributed by atoms with E-state index in [1.165, 1.54) is 17.2 Å². The van der Waals surface area contributed by atoms with Crippen molar-refractivity contribution in [2.75, 3.05) is 19.3 Å². The fourth-order valence-electron chi connectivity index (χ4n) is 2.85. The topological polar surface area (TPSA) is 84.7 Å². The number of piperidine rings is 1. The first-order valence-corrected chi connectivity index (χ1v) is 9.33. The Morgan fingerprint density at radius 1 is 1.22 bits per heavy atom. The molecule has 23 heavy (non-hydrogen) atoms. The Bertz CT molecular complexity index is 907. The zero-order valence-corrected chi connectivity index (χ0v) is 13.5. The van der Waals surface area contributed by atoms with Gasteiger partial charge in [0.15, 0.2) is 11.2 Å². The van der Waals surface area contributed by atoms with Gasteiger partial charge in [-0.2, -0.15) is 0 Å². The average molecular weight is 335 g/mol. The molecule has 7 heteroatoms. The Morgan fingerprint density at radius 3 is 2.52 bits per heavy atom. The van der Waals surface area contributed by atoms with E-state index in [1.54, 1.807) is 24.3 Å². The van der Waals surface area contributed by atoms with E-state index in [1.807, 2.05) is 0 Å². The molecule has 0 atom stereocenters. The number of sulfone groups is 1. The van der Waals surface area contributed by atoms with Gasteiger partial charge in [-0.05, 0) is 25.0 Å². The molecule has 0 unspecified atom stereocenters. The highest BCUT2D eigenvalue weighted by Crippen LogP contribution is 2.20. The van der Waals surface area contributed by atoms with Gasteiger partial charge < -0.3 is 9.32 Å².